The number of rotatable bonds is 4. The first-order valence-corrected chi connectivity index (χ1v) is 11.2. The van der Waals surface area contributed by atoms with E-state index in [4.69, 9.17) is 10.5 Å². The fourth-order valence-corrected chi connectivity index (χ4v) is 4.67. The second-order valence-corrected chi connectivity index (χ2v) is 8.66. The van der Waals surface area contributed by atoms with Gasteiger partial charge in [0.15, 0.2) is 5.84 Å². The van der Waals surface area contributed by atoms with E-state index in [2.05, 4.69) is 14.1 Å². The number of nitrogens with zero attached hydrogens (tertiary/aromatic N) is 3. The van der Waals surface area contributed by atoms with Crippen molar-refractivity contribution in [2.75, 3.05) is 17.9 Å². The highest BCUT2D eigenvalue weighted by Gasteiger charge is 2.30. The molecule has 2 aliphatic heterocycles. The SMILES string of the molecule is Cc1ncccc1C(=O)N1CCCCC1COc1cccc2c1C(N)=NS(=O)(=O)N2. The number of amidine groups is 1. The van der Waals surface area contributed by atoms with Gasteiger partial charge in [0.25, 0.3) is 5.91 Å². The molecule has 158 valence electrons. The number of benzene rings is 1. The van der Waals surface area contributed by atoms with Crippen molar-refractivity contribution >= 4 is 27.6 Å². The van der Waals surface area contributed by atoms with Crippen molar-refractivity contribution < 1.29 is 17.9 Å². The number of amides is 1. The Morgan fingerprint density at radius 3 is 2.93 bits per heavy atom. The molecule has 0 aliphatic carbocycles. The summed E-state index contributed by atoms with van der Waals surface area (Å²) in [7, 11) is -3.85. The first-order valence-electron chi connectivity index (χ1n) is 9.72. The molecule has 1 unspecified atom stereocenters. The lowest BCUT2D eigenvalue weighted by molar-refractivity contribution is 0.0527. The number of nitrogens with one attached hydrogen (secondary N) is 1. The number of hydrogen-bond acceptors (Lipinski definition) is 6. The third-order valence-corrected chi connectivity index (χ3v) is 6.21. The lowest BCUT2D eigenvalue weighted by Gasteiger charge is -2.36. The van der Waals surface area contributed by atoms with Crippen LogP contribution >= 0.6 is 0 Å². The average Bonchev–Trinajstić information content (AvgIpc) is 2.71. The van der Waals surface area contributed by atoms with Crippen LogP contribution in [0.3, 0.4) is 0 Å². The van der Waals surface area contributed by atoms with E-state index >= 15 is 0 Å². The van der Waals surface area contributed by atoms with Crippen molar-refractivity contribution in [1.29, 1.82) is 0 Å². The Labute approximate surface area is 175 Å². The highest BCUT2D eigenvalue weighted by Crippen LogP contribution is 2.31. The molecule has 3 heterocycles. The molecule has 1 fully saturated rings. The van der Waals surface area contributed by atoms with Gasteiger partial charge in [-0.2, -0.15) is 8.42 Å². The Bertz CT molecular complexity index is 1120. The summed E-state index contributed by atoms with van der Waals surface area (Å²) in [6.07, 6.45) is 4.42. The Morgan fingerprint density at radius 2 is 2.13 bits per heavy atom. The van der Waals surface area contributed by atoms with Crippen molar-refractivity contribution in [2.24, 2.45) is 10.1 Å². The van der Waals surface area contributed by atoms with Crippen LogP contribution in [0, 0.1) is 6.92 Å². The first kappa shape index (κ1) is 20.1. The van der Waals surface area contributed by atoms with Gasteiger partial charge in [-0.25, -0.2) is 0 Å². The van der Waals surface area contributed by atoms with Crippen LogP contribution < -0.4 is 15.2 Å². The smallest absolute Gasteiger partial charge is 0.344 e. The number of pyridine rings is 1. The predicted octanol–water partition coefficient (Wildman–Crippen LogP) is 1.84. The number of piperidine rings is 1. The van der Waals surface area contributed by atoms with Gasteiger partial charge in [-0.3, -0.25) is 14.5 Å². The second kappa shape index (κ2) is 7.94. The number of anilines is 1. The van der Waals surface area contributed by atoms with E-state index in [1.807, 2.05) is 11.8 Å². The molecule has 1 saturated heterocycles. The lowest BCUT2D eigenvalue weighted by Crippen LogP contribution is -2.47. The maximum atomic E-state index is 13.1. The van der Waals surface area contributed by atoms with Crippen molar-refractivity contribution in [3.63, 3.8) is 0 Å². The molecule has 3 N–H and O–H groups in total. The Hall–Kier alpha value is -3.14. The van der Waals surface area contributed by atoms with Gasteiger partial charge in [0, 0.05) is 18.4 Å². The highest BCUT2D eigenvalue weighted by atomic mass is 32.2. The summed E-state index contributed by atoms with van der Waals surface area (Å²) in [4.78, 5) is 19.2. The lowest BCUT2D eigenvalue weighted by atomic mass is 10.0. The number of carbonyl (C=O) groups excluding carboxylic acids is 1. The van der Waals surface area contributed by atoms with Gasteiger partial charge in [0.1, 0.15) is 12.4 Å². The van der Waals surface area contributed by atoms with Gasteiger partial charge in [0.2, 0.25) is 0 Å². The first-order chi connectivity index (χ1) is 14.4. The van der Waals surface area contributed by atoms with Gasteiger partial charge >= 0.3 is 10.2 Å². The summed E-state index contributed by atoms with van der Waals surface area (Å²) in [5, 5.41) is 0. The molecule has 0 bridgehead atoms. The van der Waals surface area contributed by atoms with E-state index in [0.29, 0.717) is 34.8 Å². The molecule has 2 aliphatic rings. The number of hydrogen-bond donors (Lipinski definition) is 2. The molecule has 10 heteroatoms. The fourth-order valence-electron chi connectivity index (χ4n) is 3.83. The summed E-state index contributed by atoms with van der Waals surface area (Å²) in [5.74, 6) is 0.242. The quantitative estimate of drug-likeness (QED) is 0.763. The molecule has 4 rings (SSSR count). The van der Waals surface area contributed by atoms with Crippen LogP contribution in [-0.2, 0) is 10.2 Å². The van der Waals surface area contributed by atoms with Crippen molar-refractivity contribution in [2.45, 2.75) is 32.2 Å². The largest absolute Gasteiger partial charge is 0.491 e. The molecule has 1 atom stereocenters. The molecule has 1 amide bonds. The van der Waals surface area contributed by atoms with E-state index < -0.39 is 10.2 Å². The van der Waals surface area contributed by atoms with Gasteiger partial charge < -0.3 is 15.4 Å². The monoisotopic (exact) mass is 429 g/mol. The number of aromatic nitrogens is 1. The number of carbonyl (C=O) groups is 1. The van der Waals surface area contributed by atoms with Crippen LogP contribution in [0.5, 0.6) is 5.75 Å². The highest BCUT2D eigenvalue weighted by molar-refractivity contribution is 7.91. The minimum Gasteiger partial charge on any atom is -0.491 e. The maximum Gasteiger partial charge on any atom is 0.344 e. The summed E-state index contributed by atoms with van der Waals surface area (Å²) < 4.78 is 35.4. The van der Waals surface area contributed by atoms with E-state index in [-0.39, 0.29) is 24.4 Å². The summed E-state index contributed by atoms with van der Waals surface area (Å²) in [6, 6.07) is 8.42. The van der Waals surface area contributed by atoms with Gasteiger partial charge in [0.05, 0.1) is 22.9 Å². The van der Waals surface area contributed by atoms with E-state index in [1.165, 1.54) is 0 Å². The zero-order chi connectivity index (χ0) is 21.3. The van der Waals surface area contributed by atoms with Crippen molar-refractivity contribution in [1.82, 2.24) is 9.88 Å². The molecular weight excluding hydrogens is 406 g/mol. The number of likely N-dealkylation sites (tertiary alicyclic amines) is 1. The number of nitrogens with two attached hydrogens (primary N) is 1. The predicted molar refractivity (Wildman–Crippen MR) is 113 cm³/mol. The molecule has 0 radical (unpaired) electrons. The van der Waals surface area contributed by atoms with E-state index in [0.717, 1.165) is 19.3 Å². The van der Waals surface area contributed by atoms with Crippen LogP contribution in [-0.4, -0.2) is 49.2 Å². The zero-order valence-corrected chi connectivity index (χ0v) is 17.4. The van der Waals surface area contributed by atoms with Crippen LogP contribution in [0.1, 0.15) is 40.9 Å². The van der Waals surface area contributed by atoms with E-state index in [1.54, 1.807) is 36.5 Å². The molecule has 2 aromatic rings. The molecule has 0 saturated carbocycles. The second-order valence-electron chi connectivity index (χ2n) is 7.33. The molecule has 30 heavy (non-hydrogen) atoms. The normalized spacial score (nSPS) is 20.0. The average molecular weight is 430 g/mol. The molecule has 9 nitrogen and oxygen atoms in total. The standard InChI is InChI=1S/C20H23N5O4S/c1-13-15(7-5-10-22-13)20(26)25-11-3-2-6-14(25)12-29-17-9-4-8-16-18(17)19(21)24-30(27,28)23-16/h4-5,7-10,14,23H,2-3,6,11-12H2,1H3,(H2,21,24). The maximum absolute atomic E-state index is 13.1. The molecular formula is C20H23N5O4S. The fraction of sp³-hybridized carbons (Fsp3) is 0.350. The Morgan fingerprint density at radius 1 is 1.30 bits per heavy atom. The number of ether oxygens (including phenoxy) is 1. The van der Waals surface area contributed by atoms with Crippen molar-refractivity contribution in [3.05, 3.63) is 53.3 Å². The molecule has 0 spiro atoms. The third-order valence-electron chi connectivity index (χ3n) is 5.30. The van der Waals surface area contributed by atoms with Crippen LogP contribution in [0.15, 0.2) is 40.9 Å². The summed E-state index contributed by atoms with van der Waals surface area (Å²) >= 11 is 0. The van der Waals surface area contributed by atoms with Crippen molar-refractivity contribution in [3.8, 4) is 5.75 Å². The Balaban J connectivity index is 1.55. The van der Waals surface area contributed by atoms with Crippen LogP contribution in [0.4, 0.5) is 5.69 Å². The zero-order valence-electron chi connectivity index (χ0n) is 16.5. The van der Waals surface area contributed by atoms with Gasteiger partial charge in [-0.05, 0) is 50.5 Å². The number of fused-ring (bicyclic) bond motifs is 1. The molecule has 1 aromatic heterocycles. The number of aryl methyl sites for hydroxylation is 1. The van der Waals surface area contributed by atoms with Gasteiger partial charge in [-0.1, -0.05) is 6.07 Å². The minimum atomic E-state index is -3.85. The van der Waals surface area contributed by atoms with E-state index in [9.17, 15) is 13.2 Å². The molecule has 1 aromatic carbocycles. The van der Waals surface area contributed by atoms with Crippen LogP contribution in [0.2, 0.25) is 0 Å². The topological polar surface area (TPSA) is 127 Å². The summed E-state index contributed by atoms with van der Waals surface area (Å²) in [5.41, 5.74) is 7.89. The van der Waals surface area contributed by atoms with Crippen LogP contribution in [0.25, 0.3) is 0 Å². The Kier molecular flexibility index (Phi) is 5.33. The third kappa shape index (κ3) is 3.95. The minimum absolute atomic E-state index is 0.0576. The van der Waals surface area contributed by atoms with Gasteiger partial charge in [-0.15, -0.1) is 4.40 Å². The summed E-state index contributed by atoms with van der Waals surface area (Å²) in [6.45, 7) is 2.74.